The molecular formula is C31H38N6O5. The largest absolute Gasteiger partial charge is 0.480 e. The first-order chi connectivity index (χ1) is 20.1. The lowest BCUT2D eigenvalue weighted by Gasteiger charge is -2.38. The molecule has 0 bridgehead atoms. The number of benzene rings is 2. The lowest BCUT2D eigenvalue weighted by molar-refractivity contribution is -0.144. The highest BCUT2D eigenvalue weighted by atomic mass is 16.6. The molecule has 222 valence electrons. The van der Waals surface area contributed by atoms with Gasteiger partial charge in [-0.2, -0.15) is 0 Å². The molecule has 1 aliphatic rings. The molecule has 2 aromatic carbocycles. The lowest BCUT2D eigenvalue weighted by atomic mass is 10.0. The van der Waals surface area contributed by atoms with E-state index in [1.165, 1.54) is 0 Å². The number of nitrogens with zero attached hydrogens (tertiary/aromatic N) is 4. The van der Waals surface area contributed by atoms with Gasteiger partial charge in [0.05, 0.1) is 0 Å². The number of hydrogen-bond donors (Lipinski definition) is 3. The molecule has 0 radical (unpaired) electrons. The van der Waals surface area contributed by atoms with Crippen LogP contribution < -0.4 is 15.5 Å². The number of carboxylic acids is 1. The van der Waals surface area contributed by atoms with E-state index >= 15 is 0 Å². The fourth-order valence-electron chi connectivity index (χ4n) is 4.92. The summed E-state index contributed by atoms with van der Waals surface area (Å²) in [4.78, 5) is 50.3. The van der Waals surface area contributed by atoms with E-state index < -0.39 is 29.6 Å². The number of piperidine rings is 1. The molecule has 0 spiro atoms. The van der Waals surface area contributed by atoms with E-state index in [0.717, 1.165) is 42.1 Å². The van der Waals surface area contributed by atoms with Gasteiger partial charge in [-0.3, -0.25) is 9.69 Å². The number of amides is 2. The second-order valence-corrected chi connectivity index (χ2v) is 11.2. The maximum atomic E-state index is 13.1. The summed E-state index contributed by atoms with van der Waals surface area (Å²) in [6.45, 7) is 6.49. The Bertz CT molecular complexity index is 1340. The SMILES string of the molecule is CC(C)(C)N(C(=O)OCc1ccccc1)[C@@H](CNC(=O)c1cccc(N2CCC(Nc3ncccn3)CC2)c1)C(=O)O. The van der Waals surface area contributed by atoms with Crippen molar-refractivity contribution < 1.29 is 24.2 Å². The van der Waals surface area contributed by atoms with Gasteiger partial charge in [-0.25, -0.2) is 19.6 Å². The molecule has 42 heavy (non-hydrogen) atoms. The van der Waals surface area contributed by atoms with Crippen LogP contribution in [0.2, 0.25) is 0 Å². The van der Waals surface area contributed by atoms with Gasteiger partial charge in [-0.05, 0) is 63.4 Å². The third-order valence-corrected chi connectivity index (χ3v) is 7.04. The first-order valence-corrected chi connectivity index (χ1v) is 14.0. The third-order valence-electron chi connectivity index (χ3n) is 7.04. The molecule has 1 aromatic heterocycles. The molecule has 2 heterocycles. The Balaban J connectivity index is 1.36. The molecule has 0 unspecified atom stereocenters. The molecule has 2 amide bonds. The highest BCUT2D eigenvalue weighted by molar-refractivity contribution is 5.95. The zero-order valence-electron chi connectivity index (χ0n) is 24.2. The second kappa shape index (κ2) is 13.8. The number of carbonyl (C=O) groups is 3. The summed E-state index contributed by atoms with van der Waals surface area (Å²) in [5.41, 5.74) is 1.22. The van der Waals surface area contributed by atoms with Gasteiger partial charge in [0.25, 0.3) is 5.91 Å². The zero-order valence-corrected chi connectivity index (χ0v) is 24.2. The number of aliphatic carboxylic acids is 1. The fraction of sp³-hybridized carbons (Fsp3) is 0.387. The van der Waals surface area contributed by atoms with Crippen LogP contribution in [0.25, 0.3) is 0 Å². The number of hydrogen-bond acceptors (Lipinski definition) is 8. The van der Waals surface area contributed by atoms with Crippen LogP contribution in [-0.2, 0) is 16.1 Å². The Hall–Kier alpha value is -4.67. The van der Waals surface area contributed by atoms with Crippen molar-refractivity contribution in [3.63, 3.8) is 0 Å². The number of carbonyl (C=O) groups excluding carboxylic acids is 2. The lowest BCUT2D eigenvalue weighted by Crippen LogP contribution is -2.58. The topological polar surface area (TPSA) is 137 Å². The van der Waals surface area contributed by atoms with Gasteiger partial charge in [0, 0.05) is 54.9 Å². The van der Waals surface area contributed by atoms with Gasteiger partial charge < -0.3 is 25.4 Å². The van der Waals surface area contributed by atoms with Gasteiger partial charge in [-0.15, -0.1) is 0 Å². The van der Waals surface area contributed by atoms with E-state index in [9.17, 15) is 19.5 Å². The molecule has 11 nitrogen and oxygen atoms in total. The van der Waals surface area contributed by atoms with Crippen LogP contribution in [0, 0.1) is 0 Å². The molecule has 0 aliphatic carbocycles. The summed E-state index contributed by atoms with van der Waals surface area (Å²) >= 11 is 0. The monoisotopic (exact) mass is 574 g/mol. The summed E-state index contributed by atoms with van der Waals surface area (Å²) in [6, 6.07) is 17.1. The van der Waals surface area contributed by atoms with E-state index in [2.05, 4.69) is 25.5 Å². The molecule has 11 heteroatoms. The number of aromatic nitrogens is 2. The normalized spacial score (nSPS) is 14.5. The van der Waals surface area contributed by atoms with Crippen LogP contribution in [0.4, 0.5) is 16.4 Å². The summed E-state index contributed by atoms with van der Waals surface area (Å²) in [5.74, 6) is -1.05. The Labute approximate surface area is 245 Å². The van der Waals surface area contributed by atoms with E-state index in [0.29, 0.717) is 11.5 Å². The first kappa shape index (κ1) is 30.3. The van der Waals surface area contributed by atoms with E-state index in [1.54, 1.807) is 51.4 Å². The highest BCUT2D eigenvalue weighted by Gasteiger charge is 2.39. The molecule has 3 aromatic rings. The standard InChI is InChI=1S/C31H38N6O5/c1-31(2,3)37(30(41)42-21-22-9-5-4-6-10-22)26(28(39)40)20-34-27(38)23-11-7-12-25(19-23)36-17-13-24(14-18-36)35-29-32-15-8-16-33-29/h4-12,15-16,19,24,26H,13-14,17-18,20-21H2,1-3H3,(H,34,38)(H,39,40)(H,32,33,35)/t26-/m0/s1. The molecule has 1 fully saturated rings. The van der Waals surface area contributed by atoms with Crippen molar-refractivity contribution >= 4 is 29.6 Å². The van der Waals surface area contributed by atoms with Crippen molar-refractivity contribution in [1.82, 2.24) is 20.2 Å². The molecule has 0 saturated carbocycles. The van der Waals surface area contributed by atoms with Gasteiger partial charge >= 0.3 is 12.1 Å². The van der Waals surface area contributed by atoms with Crippen molar-refractivity contribution in [3.05, 3.63) is 84.2 Å². The van der Waals surface area contributed by atoms with Crippen molar-refractivity contribution in [1.29, 1.82) is 0 Å². The Morgan fingerprint density at radius 2 is 1.71 bits per heavy atom. The molecule has 1 aliphatic heterocycles. The van der Waals surface area contributed by atoms with Crippen LogP contribution in [0.3, 0.4) is 0 Å². The molecule has 1 saturated heterocycles. The van der Waals surface area contributed by atoms with E-state index in [1.807, 2.05) is 42.5 Å². The second-order valence-electron chi connectivity index (χ2n) is 11.2. The van der Waals surface area contributed by atoms with Crippen molar-refractivity contribution in [2.24, 2.45) is 0 Å². The van der Waals surface area contributed by atoms with Crippen molar-refractivity contribution in [3.8, 4) is 0 Å². The number of anilines is 2. The van der Waals surface area contributed by atoms with Gasteiger partial charge in [0.2, 0.25) is 5.95 Å². The van der Waals surface area contributed by atoms with Crippen LogP contribution >= 0.6 is 0 Å². The number of nitrogens with one attached hydrogen (secondary N) is 2. The smallest absolute Gasteiger partial charge is 0.411 e. The molecule has 4 rings (SSSR count). The Kier molecular flexibility index (Phi) is 9.95. The van der Waals surface area contributed by atoms with Crippen LogP contribution in [-0.4, -0.2) is 75.2 Å². The van der Waals surface area contributed by atoms with E-state index in [-0.39, 0.29) is 19.2 Å². The van der Waals surface area contributed by atoms with Gasteiger partial charge in [-0.1, -0.05) is 36.4 Å². The predicted molar refractivity (Wildman–Crippen MR) is 159 cm³/mol. The predicted octanol–water partition coefficient (Wildman–Crippen LogP) is 4.18. The average molecular weight is 575 g/mol. The van der Waals surface area contributed by atoms with Gasteiger partial charge in [0.1, 0.15) is 6.61 Å². The van der Waals surface area contributed by atoms with E-state index in [4.69, 9.17) is 4.74 Å². The summed E-state index contributed by atoms with van der Waals surface area (Å²) in [7, 11) is 0. The minimum atomic E-state index is -1.33. The number of rotatable bonds is 10. The summed E-state index contributed by atoms with van der Waals surface area (Å²) < 4.78 is 5.46. The first-order valence-electron chi connectivity index (χ1n) is 14.0. The summed E-state index contributed by atoms with van der Waals surface area (Å²) in [5, 5.41) is 16.1. The number of ether oxygens (including phenoxy) is 1. The third kappa shape index (κ3) is 8.18. The Morgan fingerprint density at radius 1 is 1.02 bits per heavy atom. The minimum absolute atomic E-state index is 0.00505. The highest BCUT2D eigenvalue weighted by Crippen LogP contribution is 2.23. The maximum absolute atomic E-state index is 13.1. The molecule has 1 atom stereocenters. The fourth-order valence-corrected chi connectivity index (χ4v) is 4.92. The van der Waals surface area contributed by atoms with Crippen molar-refractivity contribution in [2.75, 3.05) is 29.9 Å². The van der Waals surface area contributed by atoms with Crippen molar-refractivity contribution in [2.45, 2.75) is 57.8 Å². The minimum Gasteiger partial charge on any atom is -0.480 e. The van der Waals surface area contributed by atoms with Gasteiger partial charge in [0.15, 0.2) is 6.04 Å². The van der Waals surface area contributed by atoms with Crippen LogP contribution in [0.5, 0.6) is 0 Å². The Morgan fingerprint density at radius 3 is 2.36 bits per heavy atom. The van der Waals surface area contributed by atoms with Crippen LogP contribution in [0.15, 0.2) is 73.1 Å². The van der Waals surface area contributed by atoms with Crippen LogP contribution in [0.1, 0.15) is 49.5 Å². The quantitative estimate of drug-likeness (QED) is 0.326. The molecular weight excluding hydrogens is 536 g/mol. The molecule has 3 N–H and O–H groups in total. The maximum Gasteiger partial charge on any atom is 0.411 e. The summed E-state index contributed by atoms with van der Waals surface area (Å²) in [6.07, 6.45) is 4.41. The number of carboxylic acid groups (broad SMARTS) is 1. The average Bonchev–Trinajstić information content (AvgIpc) is 2.98. The zero-order chi connectivity index (χ0) is 30.1.